The van der Waals surface area contributed by atoms with Crippen LogP contribution in [0.4, 0.5) is 17.1 Å². The van der Waals surface area contributed by atoms with Crippen molar-refractivity contribution in [2.75, 3.05) is 4.90 Å². The van der Waals surface area contributed by atoms with Crippen LogP contribution in [0.25, 0.3) is 76.9 Å². The highest BCUT2D eigenvalue weighted by atomic mass is 16.3. The lowest BCUT2D eigenvalue weighted by Gasteiger charge is -2.31. The standard InChI is InChI=1S/C56H41NO/c1-55(2)46-18-10-7-15-40(46)42-27-25-37(32-48(42)55)57(38-26-28-43-41-16-8-11-19-47(41)56(3,4)49(43)33-38)50-29-30-52-54(44-17-9-12-20-51(44)58-52)53(50)36-24-23-35-22-21-34-13-5-6-14-39(34)45(35)31-36/h5-33H,1-4H3. The minimum Gasteiger partial charge on any atom is -0.456 e. The van der Waals surface area contributed by atoms with Gasteiger partial charge in [0.25, 0.3) is 0 Å². The number of para-hydroxylation sites is 1. The summed E-state index contributed by atoms with van der Waals surface area (Å²) >= 11 is 0. The number of nitrogens with zero attached hydrogens (tertiary/aromatic N) is 1. The van der Waals surface area contributed by atoms with E-state index < -0.39 is 0 Å². The molecule has 58 heavy (non-hydrogen) atoms. The fraction of sp³-hybridized carbons (Fsp3) is 0.107. The number of fused-ring (bicyclic) bond motifs is 12. The van der Waals surface area contributed by atoms with Gasteiger partial charge in [-0.1, -0.05) is 155 Å². The van der Waals surface area contributed by atoms with E-state index in [1.54, 1.807) is 0 Å². The molecule has 0 aliphatic heterocycles. The molecule has 12 rings (SSSR count). The molecule has 2 aliphatic carbocycles. The van der Waals surface area contributed by atoms with Crippen LogP contribution in [0.3, 0.4) is 0 Å². The molecule has 2 heteroatoms. The molecule has 1 aromatic heterocycles. The van der Waals surface area contributed by atoms with Crippen molar-refractivity contribution >= 4 is 60.5 Å². The molecule has 0 bridgehead atoms. The van der Waals surface area contributed by atoms with E-state index in [1.807, 2.05) is 0 Å². The van der Waals surface area contributed by atoms with Gasteiger partial charge in [0, 0.05) is 38.5 Å². The molecule has 9 aromatic carbocycles. The Kier molecular flexibility index (Phi) is 6.78. The fourth-order valence-corrected chi connectivity index (χ4v) is 10.5. The summed E-state index contributed by atoms with van der Waals surface area (Å²) in [6.45, 7) is 9.48. The molecule has 0 spiro atoms. The Balaban J connectivity index is 1.18. The lowest BCUT2D eigenvalue weighted by molar-refractivity contribution is 0.660. The maximum atomic E-state index is 6.65. The summed E-state index contributed by atoms with van der Waals surface area (Å²) in [4.78, 5) is 2.52. The highest BCUT2D eigenvalue weighted by Crippen LogP contribution is 2.55. The zero-order chi connectivity index (χ0) is 38.9. The van der Waals surface area contributed by atoms with Gasteiger partial charge in [0.2, 0.25) is 0 Å². The van der Waals surface area contributed by atoms with Gasteiger partial charge >= 0.3 is 0 Å². The molecule has 0 fully saturated rings. The van der Waals surface area contributed by atoms with Crippen molar-refractivity contribution in [3.8, 4) is 33.4 Å². The number of rotatable bonds is 4. The normalized spacial score (nSPS) is 14.5. The van der Waals surface area contributed by atoms with Crippen LogP contribution in [0.1, 0.15) is 49.9 Å². The monoisotopic (exact) mass is 743 g/mol. The third-order valence-electron chi connectivity index (χ3n) is 13.4. The van der Waals surface area contributed by atoms with E-state index in [2.05, 4.69) is 209 Å². The number of furan rings is 1. The molecule has 0 saturated carbocycles. The van der Waals surface area contributed by atoms with Crippen molar-refractivity contribution in [3.63, 3.8) is 0 Å². The maximum Gasteiger partial charge on any atom is 0.136 e. The highest BCUT2D eigenvalue weighted by Gasteiger charge is 2.38. The summed E-state index contributed by atoms with van der Waals surface area (Å²) in [5.74, 6) is 0. The molecule has 0 saturated heterocycles. The van der Waals surface area contributed by atoms with Gasteiger partial charge in [-0.3, -0.25) is 0 Å². The Hall–Kier alpha value is -6.90. The van der Waals surface area contributed by atoms with E-state index in [0.717, 1.165) is 50.1 Å². The van der Waals surface area contributed by atoms with Crippen molar-refractivity contribution < 1.29 is 4.42 Å². The Bertz CT molecular complexity index is 3250. The van der Waals surface area contributed by atoms with Crippen LogP contribution >= 0.6 is 0 Å². The SMILES string of the molecule is CC1(C)c2ccccc2-c2ccc(N(c3ccc4c(c3)C(C)(C)c3ccccc3-4)c3ccc4oc5ccccc5c4c3-c3ccc4ccc5ccccc5c4c3)cc21. The first kappa shape index (κ1) is 33.3. The molecular weight excluding hydrogens is 703 g/mol. The summed E-state index contributed by atoms with van der Waals surface area (Å²) in [5, 5.41) is 7.21. The average molecular weight is 744 g/mol. The van der Waals surface area contributed by atoms with E-state index in [9.17, 15) is 0 Å². The summed E-state index contributed by atoms with van der Waals surface area (Å²) in [6.07, 6.45) is 0. The van der Waals surface area contributed by atoms with Crippen molar-refractivity contribution in [1.29, 1.82) is 0 Å². The Morgan fingerprint density at radius 2 is 0.931 bits per heavy atom. The van der Waals surface area contributed by atoms with Gasteiger partial charge < -0.3 is 9.32 Å². The van der Waals surface area contributed by atoms with Gasteiger partial charge in [-0.2, -0.15) is 0 Å². The maximum absolute atomic E-state index is 6.65. The highest BCUT2D eigenvalue weighted by molar-refractivity contribution is 6.18. The third kappa shape index (κ3) is 4.54. The Morgan fingerprint density at radius 3 is 1.60 bits per heavy atom. The summed E-state index contributed by atoms with van der Waals surface area (Å²) in [7, 11) is 0. The van der Waals surface area contributed by atoms with Crippen LogP contribution in [0.2, 0.25) is 0 Å². The zero-order valence-electron chi connectivity index (χ0n) is 33.1. The first-order chi connectivity index (χ1) is 28.3. The van der Waals surface area contributed by atoms with Gasteiger partial charge in [-0.05, 0) is 120 Å². The van der Waals surface area contributed by atoms with E-state index in [0.29, 0.717) is 0 Å². The molecule has 276 valence electrons. The van der Waals surface area contributed by atoms with Crippen LogP contribution in [-0.2, 0) is 10.8 Å². The number of hydrogen-bond donors (Lipinski definition) is 0. The van der Waals surface area contributed by atoms with Gasteiger partial charge in [0.15, 0.2) is 0 Å². The van der Waals surface area contributed by atoms with E-state index in [-0.39, 0.29) is 10.8 Å². The van der Waals surface area contributed by atoms with Crippen molar-refractivity contribution in [1.82, 2.24) is 0 Å². The predicted octanol–water partition coefficient (Wildman–Crippen LogP) is 15.6. The van der Waals surface area contributed by atoms with Gasteiger partial charge in [0.1, 0.15) is 11.2 Å². The summed E-state index contributed by atoms with van der Waals surface area (Å²) < 4.78 is 6.65. The first-order valence-electron chi connectivity index (χ1n) is 20.4. The smallest absolute Gasteiger partial charge is 0.136 e. The zero-order valence-corrected chi connectivity index (χ0v) is 33.1. The number of benzene rings is 9. The quantitative estimate of drug-likeness (QED) is 0.167. The molecule has 0 atom stereocenters. The molecule has 10 aromatic rings. The predicted molar refractivity (Wildman–Crippen MR) is 244 cm³/mol. The number of hydrogen-bond acceptors (Lipinski definition) is 2. The Labute approximate surface area is 338 Å². The van der Waals surface area contributed by atoms with E-state index in [4.69, 9.17) is 4.42 Å². The summed E-state index contributed by atoms with van der Waals surface area (Å²) in [5.41, 5.74) is 17.9. The molecule has 0 unspecified atom stereocenters. The molecule has 2 nitrogen and oxygen atoms in total. The molecule has 0 radical (unpaired) electrons. The molecule has 2 aliphatic rings. The Morgan fingerprint density at radius 1 is 0.397 bits per heavy atom. The van der Waals surface area contributed by atoms with Crippen LogP contribution < -0.4 is 4.90 Å². The fourth-order valence-electron chi connectivity index (χ4n) is 10.5. The van der Waals surface area contributed by atoms with Crippen molar-refractivity contribution in [2.24, 2.45) is 0 Å². The average Bonchev–Trinajstić information content (AvgIpc) is 3.83. The lowest BCUT2D eigenvalue weighted by atomic mass is 9.82. The van der Waals surface area contributed by atoms with Crippen LogP contribution in [0, 0.1) is 0 Å². The third-order valence-corrected chi connectivity index (χ3v) is 13.4. The number of anilines is 3. The minimum absolute atomic E-state index is 0.151. The van der Waals surface area contributed by atoms with Crippen LogP contribution in [0.15, 0.2) is 180 Å². The topological polar surface area (TPSA) is 16.4 Å². The minimum atomic E-state index is -0.151. The van der Waals surface area contributed by atoms with Crippen LogP contribution in [-0.4, -0.2) is 0 Å². The lowest BCUT2D eigenvalue weighted by Crippen LogP contribution is -2.18. The molecule has 1 heterocycles. The molecule has 0 N–H and O–H groups in total. The van der Waals surface area contributed by atoms with Gasteiger partial charge in [-0.15, -0.1) is 0 Å². The van der Waals surface area contributed by atoms with E-state index >= 15 is 0 Å². The van der Waals surface area contributed by atoms with Crippen LogP contribution in [0.5, 0.6) is 0 Å². The first-order valence-corrected chi connectivity index (χ1v) is 20.4. The van der Waals surface area contributed by atoms with Gasteiger partial charge in [-0.25, -0.2) is 0 Å². The van der Waals surface area contributed by atoms with Crippen molar-refractivity contribution in [2.45, 2.75) is 38.5 Å². The molecule has 0 amide bonds. The second kappa shape index (κ2) is 11.8. The summed E-state index contributed by atoms with van der Waals surface area (Å²) in [6, 6.07) is 65.3. The second-order valence-corrected chi connectivity index (χ2v) is 17.3. The van der Waals surface area contributed by atoms with Gasteiger partial charge in [0.05, 0.1) is 5.69 Å². The van der Waals surface area contributed by atoms with E-state index in [1.165, 1.54) is 66.1 Å². The largest absolute Gasteiger partial charge is 0.456 e. The molecular formula is C56H41NO. The second-order valence-electron chi connectivity index (χ2n) is 17.3. The van der Waals surface area contributed by atoms with Crippen molar-refractivity contribution in [3.05, 3.63) is 198 Å².